The summed E-state index contributed by atoms with van der Waals surface area (Å²) in [6.45, 7) is -0.723. The molecule has 0 aliphatic carbocycles. The van der Waals surface area contributed by atoms with E-state index in [2.05, 4.69) is 0 Å². The lowest BCUT2D eigenvalue weighted by Gasteiger charge is -2.39. The van der Waals surface area contributed by atoms with Gasteiger partial charge in [-0.15, -0.1) is 0 Å². The van der Waals surface area contributed by atoms with E-state index in [1.807, 2.05) is 0 Å². The minimum absolute atomic E-state index is 0.0226. The van der Waals surface area contributed by atoms with E-state index in [0.29, 0.717) is 0 Å². The normalized spacial score (nSPS) is 23.9. The van der Waals surface area contributed by atoms with E-state index in [1.54, 1.807) is 0 Å². The number of carbonyl (C=O) groups is 1. The zero-order valence-corrected chi connectivity index (χ0v) is 18.7. The maximum Gasteiger partial charge on any atom is 0.371 e. The van der Waals surface area contributed by atoms with E-state index in [-0.39, 0.29) is 44.4 Å². The number of hydrogen-bond donors (Lipinski definition) is 7. The first-order valence-corrected chi connectivity index (χ1v) is 10.9. The quantitative estimate of drug-likeness (QED) is 0.139. The fourth-order valence-electron chi connectivity index (χ4n) is 4.17. The molecular formula is C24H21O13+. The van der Waals surface area contributed by atoms with Gasteiger partial charge in [0.15, 0.2) is 23.0 Å². The SMILES string of the molecule is O=C(O)c1cc2c(O[C@@H]3O[C@H](CO)[C@@H](O)[C@@H](O)[C@H]3O)c(-c3ccc(O)c(O)c3)oc3cc(=[OH+])cc(o1)c32. The molecule has 1 aliphatic heterocycles. The van der Waals surface area contributed by atoms with E-state index >= 15 is 0 Å². The molecule has 2 aromatic carbocycles. The Morgan fingerprint density at radius 1 is 0.946 bits per heavy atom. The van der Waals surface area contributed by atoms with Gasteiger partial charge in [-0.05, 0) is 18.2 Å². The molecule has 3 heterocycles. The Kier molecular flexibility index (Phi) is 6.01. The van der Waals surface area contributed by atoms with Gasteiger partial charge in [-0.3, -0.25) is 4.79 Å². The van der Waals surface area contributed by atoms with Crippen molar-refractivity contribution in [3.8, 4) is 28.6 Å². The van der Waals surface area contributed by atoms with Crippen LogP contribution < -0.4 is 10.2 Å². The third kappa shape index (κ3) is 4.14. The third-order valence-corrected chi connectivity index (χ3v) is 6.01. The molecule has 37 heavy (non-hydrogen) atoms. The summed E-state index contributed by atoms with van der Waals surface area (Å²) in [5, 5.41) is 70.0. The Labute approximate surface area is 205 Å². The van der Waals surface area contributed by atoms with Gasteiger partial charge in [0.25, 0.3) is 0 Å². The van der Waals surface area contributed by atoms with E-state index in [9.17, 15) is 45.3 Å². The Hall–Kier alpha value is -4.14. The van der Waals surface area contributed by atoms with Crippen LogP contribution in [-0.2, 0) is 4.74 Å². The van der Waals surface area contributed by atoms with Crippen molar-refractivity contribution in [2.75, 3.05) is 6.61 Å². The molecule has 0 bridgehead atoms. The fraction of sp³-hybridized carbons (Fsp3) is 0.250. The zero-order chi connectivity index (χ0) is 26.6. The first kappa shape index (κ1) is 24.5. The summed E-state index contributed by atoms with van der Waals surface area (Å²) < 4.78 is 22.7. The highest BCUT2D eigenvalue weighted by molar-refractivity contribution is 6.11. The van der Waals surface area contributed by atoms with Crippen LogP contribution >= 0.6 is 0 Å². The lowest BCUT2D eigenvalue weighted by Crippen LogP contribution is -2.60. The molecule has 0 spiro atoms. The highest BCUT2D eigenvalue weighted by Gasteiger charge is 2.45. The number of phenols is 2. The zero-order valence-electron chi connectivity index (χ0n) is 18.7. The van der Waals surface area contributed by atoms with Gasteiger partial charge in [-0.1, -0.05) is 0 Å². The molecule has 4 aromatic rings. The number of benzene rings is 2. The number of aliphatic hydroxyl groups is 4. The predicted molar refractivity (Wildman–Crippen MR) is 121 cm³/mol. The molecule has 5 atom stereocenters. The second kappa shape index (κ2) is 9.06. The smallest absolute Gasteiger partial charge is 0.371 e. The van der Waals surface area contributed by atoms with Crippen molar-refractivity contribution in [2.45, 2.75) is 30.7 Å². The molecule has 0 unspecified atom stereocenters. The first-order chi connectivity index (χ1) is 17.6. The summed E-state index contributed by atoms with van der Waals surface area (Å²) in [6, 6.07) is 7.11. The van der Waals surface area contributed by atoms with Crippen LogP contribution in [0.1, 0.15) is 10.6 Å². The average molecular weight is 517 g/mol. The van der Waals surface area contributed by atoms with Gasteiger partial charge in [-0.25, -0.2) is 4.79 Å². The summed E-state index contributed by atoms with van der Waals surface area (Å²) in [6.07, 6.45) is -8.24. The molecule has 8 N–H and O–H groups in total. The Bertz CT molecular complexity index is 1570. The summed E-state index contributed by atoms with van der Waals surface area (Å²) in [5.74, 6) is -3.37. The van der Waals surface area contributed by atoms with Crippen molar-refractivity contribution in [1.29, 1.82) is 0 Å². The number of aliphatic hydroxyl groups excluding tert-OH is 4. The Morgan fingerprint density at radius 2 is 1.65 bits per heavy atom. The number of phenolic OH excluding ortho intramolecular Hbond substituents is 2. The van der Waals surface area contributed by atoms with Crippen LogP contribution in [0.5, 0.6) is 17.2 Å². The Morgan fingerprint density at radius 3 is 2.30 bits per heavy atom. The van der Waals surface area contributed by atoms with Gasteiger partial charge in [0.05, 0.1) is 24.1 Å². The van der Waals surface area contributed by atoms with Crippen LogP contribution in [0.2, 0.25) is 0 Å². The highest BCUT2D eigenvalue weighted by Crippen LogP contribution is 2.44. The Balaban J connectivity index is 1.81. The van der Waals surface area contributed by atoms with Crippen molar-refractivity contribution in [3.63, 3.8) is 0 Å². The minimum Gasteiger partial charge on any atom is -0.504 e. The molecule has 0 saturated carbocycles. The molecule has 13 heteroatoms. The second-order valence-corrected chi connectivity index (χ2v) is 8.43. The third-order valence-electron chi connectivity index (χ3n) is 6.01. The first-order valence-electron chi connectivity index (χ1n) is 10.9. The maximum absolute atomic E-state index is 11.8. The number of hydrogen-bond acceptors (Lipinski definition) is 11. The largest absolute Gasteiger partial charge is 0.504 e. The minimum atomic E-state index is -1.82. The molecule has 1 saturated heterocycles. The lowest BCUT2D eigenvalue weighted by molar-refractivity contribution is -0.277. The fourth-order valence-corrected chi connectivity index (χ4v) is 4.17. The van der Waals surface area contributed by atoms with Crippen molar-refractivity contribution in [1.82, 2.24) is 0 Å². The number of carboxylic acids is 1. The molecule has 1 aliphatic rings. The van der Waals surface area contributed by atoms with Gasteiger partial charge in [0.1, 0.15) is 35.6 Å². The highest BCUT2D eigenvalue weighted by atomic mass is 16.7. The number of aromatic carboxylic acids is 1. The molecular weight excluding hydrogens is 496 g/mol. The molecule has 0 radical (unpaired) electrons. The molecule has 2 aromatic heterocycles. The van der Waals surface area contributed by atoms with Gasteiger partial charge < -0.3 is 54.1 Å². The van der Waals surface area contributed by atoms with Gasteiger partial charge in [0.2, 0.25) is 12.1 Å². The van der Waals surface area contributed by atoms with Gasteiger partial charge in [-0.2, -0.15) is 0 Å². The summed E-state index contributed by atoms with van der Waals surface area (Å²) in [5.41, 5.74) is -0.262. The van der Waals surface area contributed by atoms with Crippen LogP contribution in [0.4, 0.5) is 0 Å². The maximum atomic E-state index is 11.8. The number of rotatable bonds is 5. The average Bonchev–Trinajstić information content (AvgIpc) is 2.86. The molecule has 5 rings (SSSR count). The molecule has 0 amide bonds. The lowest BCUT2D eigenvalue weighted by atomic mass is 9.99. The predicted octanol–water partition coefficient (Wildman–Crippen LogP) is 0.139. The monoisotopic (exact) mass is 517 g/mol. The van der Waals surface area contributed by atoms with Crippen LogP contribution in [0, 0.1) is 0 Å². The van der Waals surface area contributed by atoms with E-state index < -0.39 is 60.5 Å². The van der Waals surface area contributed by atoms with Crippen molar-refractivity contribution in [3.05, 3.63) is 47.6 Å². The van der Waals surface area contributed by atoms with Crippen LogP contribution in [0.25, 0.3) is 33.3 Å². The number of aromatic hydroxyl groups is 2. The number of carboxylic acid groups (broad SMARTS) is 1. The van der Waals surface area contributed by atoms with E-state index in [1.165, 1.54) is 12.1 Å². The van der Waals surface area contributed by atoms with Gasteiger partial charge >= 0.3 is 11.4 Å². The topological polar surface area (TPSA) is 225 Å². The van der Waals surface area contributed by atoms with Crippen molar-refractivity contribution < 1.29 is 63.6 Å². The van der Waals surface area contributed by atoms with E-state index in [0.717, 1.165) is 24.3 Å². The molecule has 194 valence electrons. The summed E-state index contributed by atoms with van der Waals surface area (Å²) in [4.78, 5) is 21.9. The van der Waals surface area contributed by atoms with Crippen LogP contribution in [0.3, 0.4) is 0 Å². The number of ether oxygens (including phenoxy) is 2. The summed E-state index contributed by atoms with van der Waals surface area (Å²) >= 11 is 0. The second-order valence-electron chi connectivity index (χ2n) is 8.43. The van der Waals surface area contributed by atoms with E-state index in [4.69, 9.17) is 18.3 Å². The molecule has 13 nitrogen and oxygen atoms in total. The van der Waals surface area contributed by atoms with Gasteiger partial charge in [0, 0.05) is 17.0 Å². The van der Waals surface area contributed by atoms with Crippen molar-refractivity contribution in [2.24, 2.45) is 0 Å². The van der Waals surface area contributed by atoms with Crippen LogP contribution in [-0.4, -0.2) is 83.8 Å². The summed E-state index contributed by atoms with van der Waals surface area (Å²) in [7, 11) is 0. The van der Waals surface area contributed by atoms with Crippen molar-refractivity contribution >= 4 is 27.9 Å². The molecule has 1 fully saturated rings. The van der Waals surface area contributed by atoms with Crippen LogP contribution in [0.15, 0.2) is 45.2 Å². The standard InChI is InChI=1S/C24H20O13/c25-7-16-18(29)19(30)20(31)24(36-16)37-22-10-6-15(23(32)33)34-13-4-9(26)5-14(17(10)13)35-21(22)8-1-2-11(27)12(28)3-8/h1-6,16,18-20,24-25,27-31H,7H2,(H,32,33)/p+1/t16-,18-,19-,20-,24+/m1/s1.